The van der Waals surface area contributed by atoms with Gasteiger partial charge in [0.05, 0.1) is 10.8 Å². The smallest absolute Gasteiger partial charge is 0.322 e. The lowest BCUT2D eigenvalue weighted by molar-refractivity contribution is -0.385. The van der Waals surface area contributed by atoms with E-state index in [0.29, 0.717) is 25.7 Å². The average Bonchev–Trinajstić information content (AvgIpc) is 2.81. The summed E-state index contributed by atoms with van der Waals surface area (Å²) < 4.78 is 0. The predicted octanol–water partition coefficient (Wildman–Crippen LogP) is 1.000. The Morgan fingerprint density at radius 3 is 2.52 bits per heavy atom. The zero-order valence-electron chi connectivity index (χ0n) is 11.5. The number of nitrogens with zero attached hydrogens (tertiary/aromatic N) is 2. The molecule has 114 valence electrons. The Balaban J connectivity index is 2.00. The van der Waals surface area contributed by atoms with E-state index in [-0.39, 0.29) is 29.0 Å². The topological polar surface area (TPSA) is 138 Å². The van der Waals surface area contributed by atoms with Gasteiger partial charge in [0.1, 0.15) is 5.69 Å². The maximum Gasteiger partial charge on any atom is 0.322 e. The van der Waals surface area contributed by atoms with Crippen LogP contribution in [0.1, 0.15) is 41.9 Å². The van der Waals surface area contributed by atoms with Crippen molar-refractivity contribution in [3.05, 3.63) is 21.5 Å². The molecule has 0 saturated heterocycles. The van der Waals surface area contributed by atoms with Crippen molar-refractivity contribution < 1.29 is 19.6 Å². The number of carbonyl (C=O) groups is 2. The first kappa shape index (κ1) is 14.9. The normalized spacial score (nSPS) is 21.8. The lowest BCUT2D eigenvalue weighted by Gasteiger charge is -2.26. The van der Waals surface area contributed by atoms with Gasteiger partial charge in [-0.2, -0.15) is 5.10 Å². The van der Waals surface area contributed by atoms with Crippen molar-refractivity contribution in [2.75, 3.05) is 0 Å². The van der Waals surface area contributed by atoms with Gasteiger partial charge in [0, 0.05) is 6.04 Å². The summed E-state index contributed by atoms with van der Waals surface area (Å²) in [7, 11) is 0. The highest BCUT2D eigenvalue weighted by Crippen LogP contribution is 2.25. The van der Waals surface area contributed by atoms with Gasteiger partial charge >= 0.3 is 11.7 Å². The second-order valence-electron chi connectivity index (χ2n) is 5.16. The summed E-state index contributed by atoms with van der Waals surface area (Å²) in [5.74, 6) is -1.80. The van der Waals surface area contributed by atoms with Crippen LogP contribution in [-0.4, -0.2) is 38.1 Å². The van der Waals surface area contributed by atoms with Crippen LogP contribution in [0.5, 0.6) is 0 Å². The SMILES string of the molecule is Cc1[nH]nc(C(=O)NC2CCC(C(=O)O)CC2)c1[N+](=O)[O-]. The molecule has 1 fully saturated rings. The second kappa shape index (κ2) is 5.90. The number of carbonyl (C=O) groups excluding carboxylic acids is 1. The van der Waals surface area contributed by atoms with E-state index in [9.17, 15) is 19.7 Å². The standard InChI is InChI=1S/C12H16N4O5/c1-6-10(16(20)21)9(15-14-6)11(17)13-8-4-2-7(3-5-8)12(18)19/h7-8H,2-5H2,1H3,(H,13,17)(H,14,15)(H,18,19). The zero-order chi connectivity index (χ0) is 15.6. The number of aromatic amines is 1. The minimum atomic E-state index is -0.821. The molecule has 0 radical (unpaired) electrons. The Hall–Kier alpha value is -2.45. The van der Waals surface area contributed by atoms with E-state index < -0.39 is 16.8 Å². The summed E-state index contributed by atoms with van der Waals surface area (Å²) >= 11 is 0. The van der Waals surface area contributed by atoms with E-state index in [2.05, 4.69) is 15.5 Å². The number of aliphatic carboxylic acids is 1. The van der Waals surface area contributed by atoms with Crippen LogP contribution in [0, 0.1) is 23.0 Å². The molecule has 1 aliphatic carbocycles. The fourth-order valence-electron chi connectivity index (χ4n) is 2.54. The minimum Gasteiger partial charge on any atom is -0.481 e. The van der Waals surface area contributed by atoms with E-state index in [0.717, 1.165) is 0 Å². The number of carboxylic acid groups (broad SMARTS) is 1. The van der Waals surface area contributed by atoms with E-state index >= 15 is 0 Å². The number of amides is 1. The van der Waals surface area contributed by atoms with Gasteiger partial charge in [-0.3, -0.25) is 24.8 Å². The van der Waals surface area contributed by atoms with Crippen LogP contribution >= 0.6 is 0 Å². The van der Waals surface area contributed by atoms with E-state index in [1.165, 1.54) is 6.92 Å². The summed E-state index contributed by atoms with van der Waals surface area (Å²) in [5.41, 5.74) is -0.343. The van der Waals surface area contributed by atoms with Crippen LogP contribution in [0.2, 0.25) is 0 Å². The third kappa shape index (κ3) is 3.18. The number of hydrogen-bond acceptors (Lipinski definition) is 5. The fourth-order valence-corrected chi connectivity index (χ4v) is 2.54. The Kier molecular flexibility index (Phi) is 4.20. The van der Waals surface area contributed by atoms with Crippen LogP contribution < -0.4 is 5.32 Å². The summed E-state index contributed by atoms with van der Waals surface area (Å²) in [6.07, 6.45) is 2.06. The van der Waals surface area contributed by atoms with Gasteiger partial charge in [0.15, 0.2) is 0 Å². The molecule has 9 heteroatoms. The number of aromatic nitrogens is 2. The number of carboxylic acids is 1. The monoisotopic (exact) mass is 296 g/mol. The highest BCUT2D eigenvalue weighted by atomic mass is 16.6. The molecule has 1 aliphatic rings. The summed E-state index contributed by atoms with van der Waals surface area (Å²) in [5, 5.41) is 28.6. The molecule has 0 unspecified atom stereocenters. The van der Waals surface area contributed by atoms with Crippen molar-refractivity contribution >= 4 is 17.6 Å². The van der Waals surface area contributed by atoms with Crippen molar-refractivity contribution in [2.24, 2.45) is 5.92 Å². The first-order valence-corrected chi connectivity index (χ1v) is 6.63. The lowest BCUT2D eigenvalue weighted by Crippen LogP contribution is -2.39. The third-order valence-corrected chi connectivity index (χ3v) is 3.72. The summed E-state index contributed by atoms with van der Waals surface area (Å²) in [6.45, 7) is 1.47. The molecule has 3 N–H and O–H groups in total. The molecule has 0 atom stereocenters. The summed E-state index contributed by atoms with van der Waals surface area (Å²) in [4.78, 5) is 33.2. The zero-order valence-corrected chi connectivity index (χ0v) is 11.5. The number of rotatable bonds is 4. The van der Waals surface area contributed by atoms with Gasteiger partial charge in [-0.25, -0.2) is 0 Å². The highest BCUT2D eigenvalue weighted by Gasteiger charge is 2.31. The van der Waals surface area contributed by atoms with E-state index in [4.69, 9.17) is 5.11 Å². The fraction of sp³-hybridized carbons (Fsp3) is 0.583. The molecule has 0 aliphatic heterocycles. The van der Waals surface area contributed by atoms with Crippen molar-refractivity contribution in [3.63, 3.8) is 0 Å². The van der Waals surface area contributed by atoms with E-state index in [1.54, 1.807) is 0 Å². The van der Waals surface area contributed by atoms with Gasteiger partial charge in [-0.15, -0.1) is 0 Å². The second-order valence-corrected chi connectivity index (χ2v) is 5.16. The molecule has 0 bridgehead atoms. The Labute approximate surface area is 119 Å². The van der Waals surface area contributed by atoms with Crippen molar-refractivity contribution in [2.45, 2.75) is 38.6 Å². The third-order valence-electron chi connectivity index (χ3n) is 3.72. The molecule has 1 aromatic rings. The summed E-state index contributed by atoms with van der Waals surface area (Å²) in [6, 6.07) is -0.176. The van der Waals surface area contributed by atoms with Gasteiger partial charge < -0.3 is 10.4 Å². The molecular formula is C12H16N4O5. The van der Waals surface area contributed by atoms with Crippen LogP contribution in [0.4, 0.5) is 5.69 Å². The molecular weight excluding hydrogens is 280 g/mol. The maximum atomic E-state index is 12.1. The molecule has 1 saturated carbocycles. The Morgan fingerprint density at radius 1 is 1.38 bits per heavy atom. The number of nitrogens with one attached hydrogen (secondary N) is 2. The quantitative estimate of drug-likeness (QED) is 0.559. The maximum absolute atomic E-state index is 12.1. The first-order chi connectivity index (χ1) is 9.90. The molecule has 0 spiro atoms. The first-order valence-electron chi connectivity index (χ1n) is 6.63. The van der Waals surface area contributed by atoms with Crippen molar-refractivity contribution in [3.8, 4) is 0 Å². The molecule has 1 amide bonds. The van der Waals surface area contributed by atoms with Crippen LogP contribution in [0.25, 0.3) is 0 Å². The molecule has 1 heterocycles. The number of nitro groups is 1. The largest absolute Gasteiger partial charge is 0.481 e. The van der Waals surface area contributed by atoms with E-state index in [1.807, 2.05) is 0 Å². The molecule has 0 aromatic carbocycles. The number of hydrogen-bond donors (Lipinski definition) is 3. The highest BCUT2D eigenvalue weighted by molar-refractivity contribution is 5.96. The molecule has 1 aromatic heterocycles. The number of H-pyrrole nitrogens is 1. The van der Waals surface area contributed by atoms with Gasteiger partial charge in [0.2, 0.25) is 5.69 Å². The van der Waals surface area contributed by atoms with Gasteiger partial charge in [0.25, 0.3) is 5.91 Å². The van der Waals surface area contributed by atoms with Gasteiger partial charge in [-0.1, -0.05) is 0 Å². The molecule has 9 nitrogen and oxygen atoms in total. The average molecular weight is 296 g/mol. The predicted molar refractivity (Wildman–Crippen MR) is 70.8 cm³/mol. The Morgan fingerprint density at radius 2 is 2.00 bits per heavy atom. The van der Waals surface area contributed by atoms with Crippen molar-refractivity contribution in [1.29, 1.82) is 0 Å². The van der Waals surface area contributed by atoms with Crippen LogP contribution in [0.3, 0.4) is 0 Å². The number of aryl methyl sites for hydroxylation is 1. The van der Waals surface area contributed by atoms with Crippen molar-refractivity contribution in [1.82, 2.24) is 15.5 Å². The Bertz CT molecular complexity index is 574. The lowest BCUT2D eigenvalue weighted by atomic mass is 9.86. The van der Waals surface area contributed by atoms with Crippen LogP contribution in [0.15, 0.2) is 0 Å². The minimum absolute atomic E-state index is 0.176. The molecule has 21 heavy (non-hydrogen) atoms. The molecule has 2 rings (SSSR count). The van der Waals surface area contributed by atoms with Gasteiger partial charge in [-0.05, 0) is 32.6 Å². The van der Waals surface area contributed by atoms with Crippen LogP contribution in [-0.2, 0) is 4.79 Å².